The van der Waals surface area contributed by atoms with Crippen molar-refractivity contribution in [1.29, 1.82) is 0 Å². The third-order valence-electron chi connectivity index (χ3n) is 2.60. The third-order valence-corrected chi connectivity index (χ3v) is 2.60. The van der Waals surface area contributed by atoms with E-state index < -0.39 is 5.60 Å². The highest BCUT2D eigenvalue weighted by molar-refractivity contribution is 5.43. The molecule has 0 heterocycles. The molecular weight excluding hydrogens is 150 g/mol. The molecule has 2 heteroatoms. The van der Waals surface area contributed by atoms with Crippen molar-refractivity contribution in [2.24, 2.45) is 0 Å². The molecule has 0 saturated heterocycles. The smallest absolute Gasteiger partial charge is 0.0897 e. The van der Waals surface area contributed by atoms with Crippen LogP contribution in [-0.4, -0.2) is 5.11 Å². The van der Waals surface area contributed by atoms with E-state index in [1.807, 2.05) is 24.3 Å². The zero-order valence-electron chi connectivity index (χ0n) is 6.96. The van der Waals surface area contributed by atoms with Gasteiger partial charge in [-0.25, -0.2) is 0 Å². The van der Waals surface area contributed by atoms with Gasteiger partial charge < -0.3 is 10.8 Å². The van der Waals surface area contributed by atoms with Gasteiger partial charge in [0.1, 0.15) is 0 Å². The van der Waals surface area contributed by atoms with Crippen molar-refractivity contribution in [1.82, 2.24) is 0 Å². The van der Waals surface area contributed by atoms with Crippen molar-refractivity contribution in [3.8, 4) is 0 Å². The lowest BCUT2D eigenvalue weighted by atomic mass is 9.75. The van der Waals surface area contributed by atoms with Crippen LogP contribution in [0.1, 0.15) is 24.8 Å². The van der Waals surface area contributed by atoms with Gasteiger partial charge in [0.05, 0.1) is 5.60 Å². The van der Waals surface area contributed by atoms with Crippen LogP contribution >= 0.6 is 0 Å². The van der Waals surface area contributed by atoms with Gasteiger partial charge in [0.2, 0.25) is 0 Å². The molecule has 0 radical (unpaired) electrons. The first-order valence-electron chi connectivity index (χ1n) is 4.29. The molecular formula is C10H13NO. The van der Waals surface area contributed by atoms with Crippen molar-refractivity contribution < 1.29 is 5.11 Å². The van der Waals surface area contributed by atoms with Crippen LogP contribution in [-0.2, 0) is 5.60 Å². The van der Waals surface area contributed by atoms with Gasteiger partial charge in [0.25, 0.3) is 0 Å². The fourth-order valence-corrected chi connectivity index (χ4v) is 1.63. The number of hydrogen-bond donors (Lipinski definition) is 2. The Balaban J connectivity index is 2.33. The predicted octanol–water partition coefficient (Wildman–Crippen LogP) is 1.64. The van der Waals surface area contributed by atoms with E-state index in [0.717, 1.165) is 30.5 Å². The van der Waals surface area contributed by atoms with Gasteiger partial charge in [0.15, 0.2) is 0 Å². The number of nitrogens with two attached hydrogens (primary N) is 1. The van der Waals surface area contributed by atoms with Crippen molar-refractivity contribution in [3.05, 3.63) is 29.8 Å². The van der Waals surface area contributed by atoms with Crippen LogP contribution in [0.5, 0.6) is 0 Å². The molecule has 0 atom stereocenters. The zero-order valence-corrected chi connectivity index (χ0v) is 6.96. The summed E-state index contributed by atoms with van der Waals surface area (Å²) in [6.07, 6.45) is 2.86. The molecule has 64 valence electrons. The maximum absolute atomic E-state index is 9.95. The van der Waals surface area contributed by atoms with Gasteiger partial charge in [-0.15, -0.1) is 0 Å². The van der Waals surface area contributed by atoms with E-state index in [2.05, 4.69) is 0 Å². The van der Waals surface area contributed by atoms with Crippen LogP contribution in [0.4, 0.5) is 5.69 Å². The first-order valence-corrected chi connectivity index (χ1v) is 4.29. The van der Waals surface area contributed by atoms with Crippen LogP contribution in [0.15, 0.2) is 24.3 Å². The monoisotopic (exact) mass is 163 g/mol. The number of aliphatic hydroxyl groups is 1. The van der Waals surface area contributed by atoms with E-state index in [4.69, 9.17) is 5.73 Å². The summed E-state index contributed by atoms with van der Waals surface area (Å²) in [7, 11) is 0. The number of hydrogen-bond acceptors (Lipinski definition) is 2. The van der Waals surface area contributed by atoms with Crippen LogP contribution < -0.4 is 5.73 Å². The average molecular weight is 163 g/mol. The van der Waals surface area contributed by atoms with Crippen LogP contribution in [0.2, 0.25) is 0 Å². The summed E-state index contributed by atoms with van der Waals surface area (Å²) in [5, 5.41) is 9.95. The van der Waals surface area contributed by atoms with Gasteiger partial charge in [-0.05, 0) is 37.0 Å². The van der Waals surface area contributed by atoms with Gasteiger partial charge >= 0.3 is 0 Å². The maximum atomic E-state index is 9.95. The summed E-state index contributed by atoms with van der Waals surface area (Å²) in [6, 6.07) is 7.53. The molecule has 3 N–H and O–H groups in total. The Bertz CT molecular complexity index is 292. The Kier molecular flexibility index (Phi) is 1.58. The number of anilines is 1. The number of benzene rings is 1. The first kappa shape index (κ1) is 7.62. The van der Waals surface area contributed by atoms with E-state index in [9.17, 15) is 5.11 Å². The van der Waals surface area contributed by atoms with Gasteiger partial charge in [-0.3, -0.25) is 0 Å². The molecule has 2 nitrogen and oxygen atoms in total. The van der Waals surface area contributed by atoms with Gasteiger partial charge in [-0.1, -0.05) is 12.1 Å². The molecule has 0 unspecified atom stereocenters. The molecule has 0 spiro atoms. The predicted molar refractivity (Wildman–Crippen MR) is 48.6 cm³/mol. The molecule has 0 bridgehead atoms. The molecule has 0 amide bonds. The molecule has 0 aliphatic heterocycles. The summed E-state index contributed by atoms with van der Waals surface area (Å²) < 4.78 is 0. The highest BCUT2D eigenvalue weighted by atomic mass is 16.3. The number of rotatable bonds is 1. The lowest BCUT2D eigenvalue weighted by molar-refractivity contribution is -0.0387. The lowest BCUT2D eigenvalue weighted by Gasteiger charge is -2.37. The highest BCUT2D eigenvalue weighted by Crippen LogP contribution is 2.41. The van der Waals surface area contributed by atoms with Crippen molar-refractivity contribution >= 4 is 5.69 Å². The summed E-state index contributed by atoms with van der Waals surface area (Å²) in [4.78, 5) is 0. The highest BCUT2D eigenvalue weighted by Gasteiger charge is 2.35. The van der Waals surface area contributed by atoms with E-state index >= 15 is 0 Å². The minimum absolute atomic E-state index is 0.574. The van der Waals surface area contributed by atoms with Crippen molar-refractivity contribution in [2.75, 3.05) is 5.73 Å². The maximum Gasteiger partial charge on any atom is 0.0897 e. The summed E-state index contributed by atoms with van der Waals surface area (Å²) >= 11 is 0. The summed E-state index contributed by atoms with van der Waals surface area (Å²) in [5.74, 6) is 0. The Morgan fingerprint density at radius 2 is 2.08 bits per heavy atom. The second kappa shape index (κ2) is 2.49. The second-order valence-corrected chi connectivity index (χ2v) is 3.51. The minimum atomic E-state index is -0.574. The van der Waals surface area contributed by atoms with Crippen LogP contribution in [0.3, 0.4) is 0 Å². The third kappa shape index (κ3) is 1.08. The molecule has 1 aliphatic carbocycles. The average Bonchev–Trinajstić information content (AvgIpc) is 2.00. The van der Waals surface area contributed by atoms with Crippen molar-refractivity contribution in [2.45, 2.75) is 24.9 Å². The zero-order chi connectivity index (χ0) is 8.60. The van der Waals surface area contributed by atoms with Crippen LogP contribution in [0, 0.1) is 0 Å². The Hall–Kier alpha value is -1.02. The second-order valence-electron chi connectivity index (χ2n) is 3.51. The molecule has 1 aromatic carbocycles. The quantitative estimate of drug-likeness (QED) is 0.618. The summed E-state index contributed by atoms with van der Waals surface area (Å²) in [6.45, 7) is 0. The van der Waals surface area contributed by atoms with Crippen LogP contribution in [0.25, 0.3) is 0 Å². The summed E-state index contributed by atoms with van der Waals surface area (Å²) in [5.41, 5.74) is 6.74. The standard InChI is InChI=1S/C10H13NO/c11-9-4-1-3-8(7-9)10(12)5-2-6-10/h1,3-4,7,12H,2,5-6,11H2. The molecule has 1 saturated carbocycles. The lowest BCUT2D eigenvalue weighted by Crippen LogP contribution is -2.33. The SMILES string of the molecule is Nc1cccc(C2(O)CCC2)c1. The molecule has 1 aromatic rings. The van der Waals surface area contributed by atoms with E-state index in [-0.39, 0.29) is 0 Å². The number of nitrogen functional groups attached to an aromatic ring is 1. The molecule has 2 rings (SSSR count). The van der Waals surface area contributed by atoms with Crippen molar-refractivity contribution in [3.63, 3.8) is 0 Å². The fourth-order valence-electron chi connectivity index (χ4n) is 1.63. The molecule has 0 aromatic heterocycles. The largest absolute Gasteiger partial charge is 0.399 e. The molecule has 12 heavy (non-hydrogen) atoms. The normalized spacial score (nSPS) is 20.1. The van der Waals surface area contributed by atoms with Gasteiger partial charge in [-0.2, -0.15) is 0 Å². The Morgan fingerprint density at radius 1 is 1.33 bits per heavy atom. The van der Waals surface area contributed by atoms with Gasteiger partial charge in [0, 0.05) is 5.69 Å². The topological polar surface area (TPSA) is 46.2 Å². The Morgan fingerprint density at radius 3 is 2.58 bits per heavy atom. The molecule has 1 aliphatic rings. The fraction of sp³-hybridized carbons (Fsp3) is 0.400. The van der Waals surface area contributed by atoms with E-state index in [1.54, 1.807) is 0 Å². The van der Waals surface area contributed by atoms with E-state index in [0.29, 0.717) is 0 Å². The Labute approximate surface area is 72.0 Å². The first-order chi connectivity index (χ1) is 5.71. The molecule has 1 fully saturated rings. The minimum Gasteiger partial charge on any atom is -0.399 e. The van der Waals surface area contributed by atoms with E-state index in [1.165, 1.54) is 0 Å².